The van der Waals surface area contributed by atoms with Gasteiger partial charge in [-0.15, -0.1) is 0 Å². The standard InChI is InChI=1S/C11H12BN3O2/c16-12(17)11-4-6-15(14-11)9-3-5-13-10(7-9)8-1-2-8/h3-8,16-17H,1-2H2. The summed E-state index contributed by atoms with van der Waals surface area (Å²) in [7, 11) is -1.53. The molecule has 0 amide bonds. The predicted molar refractivity (Wildman–Crippen MR) is 63.2 cm³/mol. The van der Waals surface area contributed by atoms with Crippen LogP contribution in [0.3, 0.4) is 0 Å². The van der Waals surface area contributed by atoms with Crippen LogP contribution >= 0.6 is 0 Å². The Morgan fingerprint density at radius 1 is 1.29 bits per heavy atom. The topological polar surface area (TPSA) is 71.2 Å². The van der Waals surface area contributed by atoms with Crippen molar-refractivity contribution in [3.8, 4) is 5.69 Å². The summed E-state index contributed by atoms with van der Waals surface area (Å²) in [5.74, 6) is 0.591. The largest absolute Gasteiger partial charge is 0.510 e. The van der Waals surface area contributed by atoms with Gasteiger partial charge in [-0.2, -0.15) is 5.10 Å². The van der Waals surface area contributed by atoms with E-state index in [0.717, 1.165) is 11.4 Å². The summed E-state index contributed by atoms with van der Waals surface area (Å²) < 4.78 is 1.63. The number of nitrogens with zero attached hydrogens (tertiary/aromatic N) is 3. The van der Waals surface area contributed by atoms with Gasteiger partial charge in [0.05, 0.1) is 11.3 Å². The van der Waals surface area contributed by atoms with Gasteiger partial charge in [0.2, 0.25) is 0 Å². The first-order valence-corrected chi connectivity index (χ1v) is 5.62. The van der Waals surface area contributed by atoms with Gasteiger partial charge in [0.15, 0.2) is 0 Å². The molecule has 2 aromatic rings. The van der Waals surface area contributed by atoms with Crippen molar-refractivity contribution in [1.29, 1.82) is 0 Å². The van der Waals surface area contributed by atoms with E-state index in [1.165, 1.54) is 12.8 Å². The molecule has 3 rings (SSSR count). The van der Waals surface area contributed by atoms with Crippen molar-refractivity contribution in [1.82, 2.24) is 14.8 Å². The Hall–Kier alpha value is -1.66. The zero-order valence-corrected chi connectivity index (χ0v) is 9.19. The first kappa shape index (κ1) is 10.5. The fourth-order valence-corrected chi connectivity index (χ4v) is 1.80. The Morgan fingerprint density at radius 2 is 2.12 bits per heavy atom. The SMILES string of the molecule is OB(O)c1ccn(-c2ccnc(C3CC3)c2)n1. The second kappa shape index (κ2) is 3.98. The van der Waals surface area contributed by atoms with Gasteiger partial charge in [0.1, 0.15) is 0 Å². The maximum Gasteiger partial charge on any atom is 0.510 e. The molecular weight excluding hydrogens is 217 g/mol. The molecule has 0 aliphatic heterocycles. The maximum atomic E-state index is 9.00. The monoisotopic (exact) mass is 229 g/mol. The molecule has 5 nitrogen and oxygen atoms in total. The van der Waals surface area contributed by atoms with Crippen LogP contribution in [0.5, 0.6) is 0 Å². The quantitative estimate of drug-likeness (QED) is 0.716. The molecule has 2 aromatic heterocycles. The number of aromatic nitrogens is 3. The molecular formula is C11H12BN3O2. The summed E-state index contributed by atoms with van der Waals surface area (Å²) in [5.41, 5.74) is 2.23. The lowest BCUT2D eigenvalue weighted by Crippen LogP contribution is -2.31. The molecule has 0 bridgehead atoms. The van der Waals surface area contributed by atoms with Crippen molar-refractivity contribution >= 4 is 12.7 Å². The Kier molecular flexibility index (Phi) is 2.46. The fourth-order valence-electron chi connectivity index (χ4n) is 1.80. The molecule has 0 spiro atoms. The number of hydrogen-bond donors (Lipinski definition) is 2. The van der Waals surface area contributed by atoms with Gasteiger partial charge in [-0.05, 0) is 31.0 Å². The first-order chi connectivity index (χ1) is 8.24. The second-order valence-electron chi connectivity index (χ2n) is 4.27. The summed E-state index contributed by atoms with van der Waals surface area (Å²) in [6.45, 7) is 0. The highest BCUT2D eigenvalue weighted by atomic mass is 16.4. The van der Waals surface area contributed by atoms with Gasteiger partial charge in [-0.3, -0.25) is 4.98 Å². The van der Waals surface area contributed by atoms with E-state index >= 15 is 0 Å². The van der Waals surface area contributed by atoms with Crippen LogP contribution in [0, 0.1) is 0 Å². The highest BCUT2D eigenvalue weighted by molar-refractivity contribution is 6.57. The molecule has 1 fully saturated rings. The van der Waals surface area contributed by atoms with Crippen molar-refractivity contribution in [2.24, 2.45) is 0 Å². The molecule has 6 heteroatoms. The van der Waals surface area contributed by atoms with Crippen LogP contribution in [0.15, 0.2) is 30.6 Å². The van der Waals surface area contributed by atoms with E-state index in [4.69, 9.17) is 10.0 Å². The normalized spacial score (nSPS) is 14.9. The van der Waals surface area contributed by atoms with Crippen molar-refractivity contribution in [3.63, 3.8) is 0 Å². The molecule has 17 heavy (non-hydrogen) atoms. The lowest BCUT2D eigenvalue weighted by molar-refractivity contribution is 0.424. The van der Waals surface area contributed by atoms with Gasteiger partial charge in [-0.25, -0.2) is 4.68 Å². The predicted octanol–water partition coefficient (Wildman–Crippen LogP) is -0.176. The minimum atomic E-state index is -1.53. The van der Waals surface area contributed by atoms with E-state index in [9.17, 15) is 0 Å². The fraction of sp³-hybridized carbons (Fsp3) is 0.273. The molecule has 0 aromatic carbocycles. The summed E-state index contributed by atoms with van der Waals surface area (Å²) in [6, 6.07) is 5.44. The van der Waals surface area contributed by atoms with Gasteiger partial charge in [0, 0.05) is 24.0 Å². The number of hydrogen-bond acceptors (Lipinski definition) is 4. The van der Waals surface area contributed by atoms with Crippen LogP contribution in [0.25, 0.3) is 5.69 Å². The van der Waals surface area contributed by atoms with Gasteiger partial charge in [-0.1, -0.05) is 0 Å². The zero-order chi connectivity index (χ0) is 11.8. The Balaban J connectivity index is 1.93. The Labute approximate surface area is 98.9 Å². The third-order valence-corrected chi connectivity index (χ3v) is 2.90. The van der Waals surface area contributed by atoms with E-state index in [1.54, 1.807) is 23.1 Å². The molecule has 1 aliphatic rings. The lowest BCUT2D eigenvalue weighted by Gasteiger charge is -2.03. The summed E-state index contributed by atoms with van der Waals surface area (Å²) in [5, 5.41) is 22.1. The van der Waals surface area contributed by atoms with E-state index in [-0.39, 0.29) is 5.59 Å². The third-order valence-electron chi connectivity index (χ3n) is 2.90. The average molecular weight is 229 g/mol. The third kappa shape index (κ3) is 2.09. The number of pyridine rings is 1. The molecule has 1 saturated carbocycles. The van der Waals surface area contributed by atoms with Crippen molar-refractivity contribution in [2.45, 2.75) is 18.8 Å². The highest BCUT2D eigenvalue weighted by Crippen LogP contribution is 2.39. The van der Waals surface area contributed by atoms with Gasteiger partial charge < -0.3 is 10.0 Å². The second-order valence-corrected chi connectivity index (χ2v) is 4.27. The minimum absolute atomic E-state index is 0.245. The lowest BCUT2D eigenvalue weighted by atomic mass is 9.87. The van der Waals surface area contributed by atoms with E-state index in [2.05, 4.69) is 10.1 Å². The first-order valence-electron chi connectivity index (χ1n) is 5.62. The summed E-state index contributed by atoms with van der Waals surface area (Å²) >= 11 is 0. The Morgan fingerprint density at radius 3 is 2.76 bits per heavy atom. The molecule has 0 saturated heterocycles. The molecule has 1 aliphatic carbocycles. The Bertz CT molecular complexity index is 537. The van der Waals surface area contributed by atoms with E-state index in [0.29, 0.717) is 5.92 Å². The van der Waals surface area contributed by atoms with E-state index < -0.39 is 7.12 Å². The molecule has 2 heterocycles. The van der Waals surface area contributed by atoms with Crippen LogP contribution in [-0.2, 0) is 0 Å². The van der Waals surface area contributed by atoms with Crippen LogP contribution in [0.2, 0.25) is 0 Å². The van der Waals surface area contributed by atoms with Gasteiger partial charge in [0.25, 0.3) is 0 Å². The molecule has 0 unspecified atom stereocenters. The number of rotatable bonds is 3. The van der Waals surface area contributed by atoms with Crippen molar-refractivity contribution in [2.75, 3.05) is 0 Å². The van der Waals surface area contributed by atoms with E-state index in [1.807, 2.05) is 12.1 Å². The summed E-state index contributed by atoms with van der Waals surface area (Å²) in [6.07, 6.45) is 5.88. The molecule has 0 atom stereocenters. The van der Waals surface area contributed by atoms with Crippen LogP contribution in [0.4, 0.5) is 0 Å². The van der Waals surface area contributed by atoms with Crippen LogP contribution < -0.4 is 5.59 Å². The summed E-state index contributed by atoms with van der Waals surface area (Å²) in [4.78, 5) is 4.33. The molecule has 2 N–H and O–H groups in total. The minimum Gasteiger partial charge on any atom is -0.422 e. The average Bonchev–Trinajstić information content (AvgIpc) is 3.06. The van der Waals surface area contributed by atoms with Crippen LogP contribution in [-0.4, -0.2) is 31.9 Å². The van der Waals surface area contributed by atoms with Gasteiger partial charge >= 0.3 is 7.12 Å². The maximum absolute atomic E-state index is 9.00. The molecule has 0 radical (unpaired) electrons. The highest BCUT2D eigenvalue weighted by Gasteiger charge is 2.25. The van der Waals surface area contributed by atoms with Crippen LogP contribution in [0.1, 0.15) is 24.5 Å². The zero-order valence-electron chi connectivity index (χ0n) is 9.19. The smallest absolute Gasteiger partial charge is 0.422 e. The molecule has 86 valence electrons. The van der Waals surface area contributed by atoms with Crippen molar-refractivity contribution in [3.05, 3.63) is 36.3 Å². The van der Waals surface area contributed by atoms with Crippen molar-refractivity contribution < 1.29 is 10.0 Å².